The Morgan fingerprint density at radius 2 is 2.00 bits per heavy atom. The molecule has 1 heterocycles. The monoisotopic (exact) mass is 282 g/mol. The zero-order chi connectivity index (χ0) is 14.7. The molecule has 0 fully saturated rings. The third-order valence-electron chi connectivity index (χ3n) is 4.01. The molecule has 3 rings (SSSR count). The second-order valence-corrected chi connectivity index (χ2v) is 5.68. The number of hydrogen-bond acceptors (Lipinski definition) is 3. The summed E-state index contributed by atoms with van der Waals surface area (Å²) in [6.45, 7) is 5.80. The second-order valence-electron chi connectivity index (χ2n) is 5.68. The summed E-state index contributed by atoms with van der Waals surface area (Å²) in [5.74, 6) is 0.940. The number of ether oxygens (including phenoxy) is 1. The molecule has 0 unspecified atom stereocenters. The minimum atomic E-state index is 0.723. The van der Waals surface area contributed by atoms with Crippen LogP contribution in [0.4, 0.5) is 5.69 Å². The number of hydrogen-bond donors (Lipinski definition) is 1. The summed E-state index contributed by atoms with van der Waals surface area (Å²) >= 11 is 0. The van der Waals surface area contributed by atoms with Gasteiger partial charge < -0.3 is 10.5 Å². The minimum Gasteiger partial charge on any atom is -0.492 e. The zero-order valence-corrected chi connectivity index (χ0v) is 12.5. The van der Waals surface area contributed by atoms with Gasteiger partial charge in [0, 0.05) is 25.3 Å². The molecule has 1 aliphatic heterocycles. The van der Waals surface area contributed by atoms with Gasteiger partial charge in [0.25, 0.3) is 0 Å². The van der Waals surface area contributed by atoms with Crippen LogP contribution in [-0.4, -0.2) is 24.6 Å². The molecule has 2 aromatic rings. The number of para-hydroxylation sites is 1. The van der Waals surface area contributed by atoms with Crippen LogP contribution in [0.1, 0.15) is 16.7 Å². The molecular formula is C18H22N2O. The molecule has 0 amide bonds. The van der Waals surface area contributed by atoms with E-state index in [0.29, 0.717) is 0 Å². The summed E-state index contributed by atoms with van der Waals surface area (Å²) in [6.07, 6.45) is 1.03. The molecule has 0 saturated carbocycles. The number of rotatable bonds is 4. The van der Waals surface area contributed by atoms with Crippen molar-refractivity contribution in [2.75, 3.05) is 25.4 Å². The molecule has 3 nitrogen and oxygen atoms in total. The van der Waals surface area contributed by atoms with Gasteiger partial charge in [-0.2, -0.15) is 0 Å². The van der Waals surface area contributed by atoms with E-state index in [9.17, 15) is 0 Å². The van der Waals surface area contributed by atoms with Gasteiger partial charge in [0.2, 0.25) is 0 Å². The van der Waals surface area contributed by atoms with Crippen molar-refractivity contribution < 1.29 is 4.74 Å². The number of fused-ring (bicyclic) bond motifs is 1. The fourth-order valence-corrected chi connectivity index (χ4v) is 2.96. The number of aryl methyl sites for hydroxylation is 1. The number of anilines is 1. The standard InChI is InChI=1S/C18H22N2O/c1-14-11-15-13-20(8-7-17(15)18(19)12-14)9-10-21-16-5-3-2-4-6-16/h2-6,11-12H,7-10,13,19H2,1H3. The Kier molecular flexibility index (Phi) is 4.11. The van der Waals surface area contributed by atoms with E-state index < -0.39 is 0 Å². The topological polar surface area (TPSA) is 38.5 Å². The van der Waals surface area contributed by atoms with Crippen LogP contribution >= 0.6 is 0 Å². The molecule has 0 radical (unpaired) electrons. The predicted octanol–water partition coefficient (Wildman–Crippen LogP) is 3.01. The summed E-state index contributed by atoms with van der Waals surface area (Å²) < 4.78 is 5.78. The first-order chi connectivity index (χ1) is 10.2. The van der Waals surface area contributed by atoms with Crippen molar-refractivity contribution in [1.29, 1.82) is 0 Å². The van der Waals surface area contributed by atoms with E-state index in [2.05, 4.69) is 24.0 Å². The largest absolute Gasteiger partial charge is 0.492 e. The Hall–Kier alpha value is -2.00. The molecule has 0 spiro atoms. The van der Waals surface area contributed by atoms with Gasteiger partial charge >= 0.3 is 0 Å². The first-order valence-corrected chi connectivity index (χ1v) is 7.50. The van der Waals surface area contributed by atoms with Gasteiger partial charge in [-0.05, 0) is 48.2 Å². The molecular weight excluding hydrogens is 260 g/mol. The van der Waals surface area contributed by atoms with E-state index in [0.717, 1.165) is 44.1 Å². The van der Waals surface area contributed by atoms with Crippen LogP contribution in [-0.2, 0) is 13.0 Å². The van der Waals surface area contributed by atoms with Gasteiger partial charge in [0.15, 0.2) is 0 Å². The highest BCUT2D eigenvalue weighted by Gasteiger charge is 2.18. The zero-order valence-electron chi connectivity index (χ0n) is 12.5. The number of nitrogen functional groups attached to an aromatic ring is 1. The van der Waals surface area contributed by atoms with E-state index in [1.54, 1.807) is 0 Å². The summed E-state index contributed by atoms with van der Waals surface area (Å²) in [6, 6.07) is 14.3. The lowest BCUT2D eigenvalue weighted by Crippen LogP contribution is -2.34. The van der Waals surface area contributed by atoms with E-state index in [-0.39, 0.29) is 0 Å². The average molecular weight is 282 g/mol. The van der Waals surface area contributed by atoms with Crippen molar-refractivity contribution in [2.24, 2.45) is 0 Å². The second kappa shape index (κ2) is 6.19. The maximum absolute atomic E-state index is 6.12. The molecule has 2 aromatic carbocycles. The van der Waals surface area contributed by atoms with Crippen molar-refractivity contribution in [3.8, 4) is 5.75 Å². The maximum atomic E-state index is 6.12. The van der Waals surface area contributed by atoms with Crippen molar-refractivity contribution in [3.05, 3.63) is 59.2 Å². The van der Waals surface area contributed by atoms with Gasteiger partial charge in [-0.25, -0.2) is 0 Å². The third-order valence-corrected chi connectivity index (χ3v) is 4.01. The molecule has 0 aliphatic carbocycles. The summed E-state index contributed by atoms with van der Waals surface area (Å²) in [5, 5.41) is 0. The van der Waals surface area contributed by atoms with Crippen LogP contribution in [0.25, 0.3) is 0 Å². The van der Waals surface area contributed by atoms with E-state index in [4.69, 9.17) is 10.5 Å². The molecule has 21 heavy (non-hydrogen) atoms. The molecule has 0 atom stereocenters. The molecule has 1 aliphatic rings. The highest BCUT2D eigenvalue weighted by Crippen LogP contribution is 2.25. The number of nitrogens with zero attached hydrogens (tertiary/aromatic N) is 1. The van der Waals surface area contributed by atoms with Crippen LogP contribution < -0.4 is 10.5 Å². The smallest absolute Gasteiger partial charge is 0.119 e. The first-order valence-electron chi connectivity index (χ1n) is 7.50. The lowest BCUT2D eigenvalue weighted by molar-refractivity contribution is 0.196. The summed E-state index contributed by atoms with van der Waals surface area (Å²) in [4.78, 5) is 2.43. The molecule has 0 saturated heterocycles. The number of benzene rings is 2. The molecule has 0 bridgehead atoms. The van der Waals surface area contributed by atoms with E-state index in [1.165, 1.54) is 16.7 Å². The van der Waals surface area contributed by atoms with Gasteiger partial charge in [-0.1, -0.05) is 24.3 Å². The van der Waals surface area contributed by atoms with E-state index >= 15 is 0 Å². The van der Waals surface area contributed by atoms with Crippen LogP contribution in [0.15, 0.2) is 42.5 Å². The highest BCUT2D eigenvalue weighted by molar-refractivity contribution is 5.54. The van der Waals surface area contributed by atoms with Crippen molar-refractivity contribution in [2.45, 2.75) is 19.9 Å². The van der Waals surface area contributed by atoms with Crippen molar-refractivity contribution in [1.82, 2.24) is 4.90 Å². The predicted molar refractivity (Wildman–Crippen MR) is 86.5 cm³/mol. The average Bonchev–Trinajstić information content (AvgIpc) is 2.48. The first kappa shape index (κ1) is 14.0. The van der Waals surface area contributed by atoms with Gasteiger partial charge in [0.1, 0.15) is 12.4 Å². The van der Waals surface area contributed by atoms with Crippen LogP contribution in [0.5, 0.6) is 5.75 Å². The van der Waals surface area contributed by atoms with Gasteiger partial charge in [-0.15, -0.1) is 0 Å². The maximum Gasteiger partial charge on any atom is 0.119 e. The number of nitrogens with two attached hydrogens (primary N) is 1. The van der Waals surface area contributed by atoms with Crippen molar-refractivity contribution >= 4 is 5.69 Å². The fraction of sp³-hybridized carbons (Fsp3) is 0.333. The SMILES string of the molecule is Cc1cc(N)c2c(c1)CN(CCOc1ccccc1)CC2. The normalized spacial score (nSPS) is 14.7. The van der Waals surface area contributed by atoms with Gasteiger partial charge in [-0.3, -0.25) is 4.90 Å². The van der Waals surface area contributed by atoms with Crippen LogP contribution in [0.3, 0.4) is 0 Å². The van der Waals surface area contributed by atoms with Gasteiger partial charge in [0.05, 0.1) is 0 Å². The molecule has 3 heteroatoms. The Morgan fingerprint density at radius 1 is 1.19 bits per heavy atom. The van der Waals surface area contributed by atoms with Crippen molar-refractivity contribution in [3.63, 3.8) is 0 Å². The Balaban J connectivity index is 1.57. The minimum absolute atomic E-state index is 0.723. The Bertz CT molecular complexity index is 610. The third kappa shape index (κ3) is 3.37. The van der Waals surface area contributed by atoms with E-state index in [1.807, 2.05) is 30.3 Å². The molecule has 110 valence electrons. The quantitative estimate of drug-likeness (QED) is 0.876. The molecule has 2 N–H and O–H groups in total. The summed E-state index contributed by atoms with van der Waals surface area (Å²) in [5.41, 5.74) is 11.0. The Labute approximate surface area is 126 Å². The Morgan fingerprint density at radius 3 is 2.81 bits per heavy atom. The van der Waals surface area contributed by atoms with Crippen LogP contribution in [0, 0.1) is 6.92 Å². The molecule has 0 aromatic heterocycles. The van der Waals surface area contributed by atoms with Crippen LogP contribution in [0.2, 0.25) is 0 Å². The lowest BCUT2D eigenvalue weighted by Gasteiger charge is -2.29. The lowest BCUT2D eigenvalue weighted by atomic mass is 9.96. The fourth-order valence-electron chi connectivity index (χ4n) is 2.96. The highest BCUT2D eigenvalue weighted by atomic mass is 16.5. The summed E-state index contributed by atoms with van der Waals surface area (Å²) in [7, 11) is 0.